The van der Waals surface area contributed by atoms with Crippen molar-refractivity contribution in [2.24, 2.45) is 0 Å². The van der Waals surface area contributed by atoms with Crippen molar-refractivity contribution in [3.05, 3.63) is 77.6 Å². The van der Waals surface area contributed by atoms with Gasteiger partial charge in [0.25, 0.3) is 5.91 Å². The van der Waals surface area contributed by atoms with E-state index in [1.54, 1.807) is 19.2 Å². The van der Waals surface area contributed by atoms with E-state index >= 15 is 0 Å². The second-order valence-corrected chi connectivity index (χ2v) is 7.23. The molecule has 6 heteroatoms. The number of methoxy groups -OCH3 is 1. The Bertz CT molecular complexity index is 1060. The fourth-order valence-corrected chi connectivity index (χ4v) is 4.16. The number of fused-ring (bicyclic) bond motifs is 2. The van der Waals surface area contributed by atoms with E-state index in [1.165, 1.54) is 0 Å². The van der Waals surface area contributed by atoms with Crippen LogP contribution in [0.4, 0.5) is 0 Å². The normalized spacial score (nSPS) is 17.6. The maximum absolute atomic E-state index is 13.6. The molecule has 2 aliphatic rings. The van der Waals surface area contributed by atoms with E-state index in [-0.39, 0.29) is 18.7 Å². The van der Waals surface area contributed by atoms with Crippen LogP contribution in [0.3, 0.4) is 0 Å². The van der Waals surface area contributed by atoms with Crippen LogP contribution < -0.4 is 14.2 Å². The predicted molar refractivity (Wildman–Crippen MR) is 107 cm³/mol. The van der Waals surface area contributed by atoms with Gasteiger partial charge in [-0.2, -0.15) is 0 Å². The number of carbonyl (C=O) groups is 1. The Morgan fingerprint density at radius 1 is 1.03 bits per heavy atom. The maximum Gasteiger partial charge on any atom is 0.254 e. The molecule has 148 valence electrons. The van der Waals surface area contributed by atoms with Crippen molar-refractivity contribution in [2.45, 2.75) is 19.0 Å². The number of ether oxygens (including phenoxy) is 3. The molecule has 29 heavy (non-hydrogen) atoms. The minimum atomic E-state index is -0.194. The highest BCUT2D eigenvalue weighted by atomic mass is 16.7. The molecule has 5 rings (SSSR count). The smallest absolute Gasteiger partial charge is 0.254 e. The van der Waals surface area contributed by atoms with Crippen LogP contribution in [0, 0.1) is 0 Å². The van der Waals surface area contributed by atoms with E-state index in [2.05, 4.69) is 22.9 Å². The van der Waals surface area contributed by atoms with Gasteiger partial charge in [0.1, 0.15) is 5.75 Å². The van der Waals surface area contributed by atoms with Crippen LogP contribution in [-0.4, -0.2) is 35.8 Å². The second-order valence-electron chi connectivity index (χ2n) is 7.23. The van der Waals surface area contributed by atoms with Crippen molar-refractivity contribution in [1.82, 2.24) is 9.47 Å². The average Bonchev–Trinajstić information content (AvgIpc) is 3.38. The Labute approximate surface area is 169 Å². The fourth-order valence-electron chi connectivity index (χ4n) is 4.16. The second kappa shape index (κ2) is 7.20. The Kier molecular flexibility index (Phi) is 4.39. The Morgan fingerprint density at radius 3 is 2.83 bits per heavy atom. The summed E-state index contributed by atoms with van der Waals surface area (Å²) in [5, 5.41) is 0. The molecule has 1 amide bonds. The van der Waals surface area contributed by atoms with E-state index in [0.717, 1.165) is 30.0 Å². The van der Waals surface area contributed by atoms with Gasteiger partial charge in [0.2, 0.25) is 6.79 Å². The summed E-state index contributed by atoms with van der Waals surface area (Å²) in [6, 6.07) is 17.3. The van der Waals surface area contributed by atoms with Crippen molar-refractivity contribution in [1.29, 1.82) is 0 Å². The number of carbonyl (C=O) groups excluding carboxylic acids is 1. The Hall–Kier alpha value is -3.41. The quantitative estimate of drug-likeness (QED) is 0.682. The summed E-state index contributed by atoms with van der Waals surface area (Å²) in [4.78, 5) is 15.6. The third kappa shape index (κ3) is 3.10. The van der Waals surface area contributed by atoms with Gasteiger partial charge >= 0.3 is 0 Å². The summed E-state index contributed by atoms with van der Waals surface area (Å²) >= 11 is 0. The van der Waals surface area contributed by atoms with Gasteiger partial charge in [-0.15, -0.1) is 0 Å². The Balaban J connectivity index is 1.58. The number of aryl methyl sites for hydroxylation is 1. The summed E-state index contributed by atoms with van der Waals surface area (Å²) < 4.78 is 18.5. The van der Waals surface area contributed by atoms with Gasteiger partial charge in [0.15, 0.2) is 11.5 Å². The summed E-state index contributed by atoms with van der Waals surface area (Å²) in [5.74, 6) is 2.05. The number of hydrogen-bond donors (Lipinski definition) is 0. The standard InChI is InChI=1S/C23H22N2O4/c1-27-18-6-2-5-16(13-18)22-19-7-3-10-24(19)11-4-12-25(22)23(26)17-8-9-20-21(14-17)29-15-28-20/h2-3,5-10,13-14,22H,4,11-12,15H2,1H3. The molecule has 1 unspecified atom stereocenters. The molecule has 0 aliphatic carbocycles. The van der Waals surface area contributed by atoms with Gasteiger partial charge in [0.05, 0.1) is 13.2 Å². The molecule has 0 fully saturated rings. The number of rotatable bonds is 3. The summed E-state index contributed by atoms with van der Waals surface area (Å²) in [6.45, 7) is 1.74. The van der Waals surface area contributed by atoms with Gasteiger partial charge in [-0.1, -0.05) is 12.1 Å². The number of hydrogen-bond acceptors (Lipinski definition) is 4. The van der Waals surface area contributed by atoms with E-state index in [1.807, 2.05) is 35.2 Å². The first kappa shape index (κ1) is 17.7. The van der Waals surface area contributed by atoms with Crippen LogP contribution >= 0.6 is 0 Å². The minimum Gasteiger partial charge on any atom is -0.497 e. The van der Waals surface area contributed by atoms with Gasteiger partial charge in [-0.25, -0.2) is 0 Å². The number of benzene rings is 2. The van der Waals surface area contributed by atoms with Crippen LogP contribution in [0.25, 0.3) is 0 Å². The maximum atomic E-state index is 13.6. The van der Waals surface area contributed by atoms with Gasteiger partial charge in [-0.05, 0) is 54.4 Å². The monoisotopic (exact) mass is 390 g/mol. The van der Waals surface area contributed by atoms with Crippen molar-refractivity contribution < 1.29 is 19.0 Å². The molecule has 0 saturated heterocycles. The largest absolute Gasteiger partial charge is 0.497 e. The molecule has 2 aliphatic heterocycles. The number of aromatic nitrogens is 1. The molecular formula is C23H22N2O4. The first-order valence-electron chi connectivity index (χ1n) is 9.74. The molecule has 0 spiro atoms. The topological polar surface area (TPSA) is 52.9 Å². The third-order valence-electron chi connectivity index (χ3n) is 5.54. The lowest BCUT2D eigenvalue weighted by atomic mass is 10.0. The van der Waals surface area contributed by atoms with E-state index in [9.17, 15) is 4.79 Å². The van der Waals surface area contributed by atoms with Crippen molar-refractivity contribution in [3.8, 4) is 17.2 Å². The molecule has 1 aromatic heterocycles. The first-order valence-corrected chi connectivity index (χ1v) is 9.74. The third-order valence-corrected chi connectivity index (χ3v) is 5.54. The van der Waals surface area contributed by atoms with Crippen molar-refractivity contribution in [2.75, 3.05) is 20.4 Å². The first-order chi connectivity index (χ1) is 14.2. The highest BCUT2D eigenvalue weighted by Crippen LogP contribution is 2.37. The summed E-state index contributed by atoms with van der Waals surface area (Å²) in [5.41, 5.74) is 2.73. The highest BCUT2D eigenvalue weighted by Gasteiger charge is 2.32. The van der Waals surface area contributed by atoms with Gasteiger partial charge in [-0.3, -0.25) is 4.79 Å². The summed E-state index contributed by atoms with van der Waals surface area (Å²) in [7, 11) is 1.66. The molecule has 0 N–H and O–H groups in total. The lowest BCUT2D eigenvalue weighted by Gasteiger charge is -2.31. The lowest BCUT2D eigenvalue weighted by Crippen LogP contribution is -2.35. The van der Waals surface area contributed by atoms with Crippen molar-refractivity contribution >= 4 is 5.91 Å². The lowest BCUT2D eigenvalue weighted by molar-refractivity contribution is 0.0709. The highest BCUT2D eigenvalue weighted by molar-refractivity contribution is 5.95. The van der Waals surface area contributed by atoms with E-state index < -0.39 is 0 Å². The molecule has 0 saturated carbocycles. The van der Waals surface area contributed by atoms with Gasteiger partial charge in [0, 0.05) is 30.5 Å². The van der Waals surface area contributed by atoms with Crippen LogP contribution in [0.15, 0.2) is 60.8 Å². The minimum absolute atomic E-state index is 0.0224. The zero-order valence-corrected chi connectivity index (χ0v) is 16.2. The number of nitrogens with zero attached hydrogens (tertiary/aromatic N) is 2. The molecule has 3 heterocycles. The van der Waals surface area contributed by atoms with Gasteiger partial charge < -0.3 is 23.7 Å². The molecule has 3 aromatic rings. The predicted octanol–water partition coefficient (Wildman–Crippen LogP) is 3.86. The molecule has 2 aromatic carbocycles. The van der Waals surface area contributed by atoms with E-state index in [4.69, 9.17) is 14.2 Å². The van der Waals surface area contributed by atoms with Crippen LogP contribution in [0.2, 0.25) is 0 Å². The molecule has 0 radical (unpaired) electrons. The summed E-state index contributed by atoms with van der Waals surface area (Å²) in [6.07, 6.45) is 2.97. The zero-order chi connectivity index (χ0) is 19.8. The van der Waals surface area contributed by atoms with Crippen molar-refractivity contribution in [3.63, 3.8) is 0 Å². The van der Waals surface area contributed by atoms with Crippen LogP contribution in [0.5, 0.6) is 17.2 Å². The molecule has 1 atom stereocenters. The average molecular weight is 390 g/mol. The fraction of sp³-hybridized carbons (Fsp3) is 0.261. The molecule has 0 bridgehead atoms. The van der Waals surface area contributed by atoms with Crippen LogP contribution in [0.1, 0.15) is 34.1 Å². The zero-order valence-electron chi connectivity index (χ0n) is 16.2. The molecular weight excluding hydrogens is 368 g/mol. The number of amides is 1. The van der Waals surface area contributed by atoms with Crippen LogP contribution in [-0.2, 0) is 6.54 Å². The molecule has 6 nitrogen and oxygen atoms in total. The van der Waals surface area contributed by atoms with E-state index in [0.29, 0.717) is 23.6 Å². The SMILES string of the molecule is COc1cccc(C2c3cccn3CCCN2C(=O)c2ccc3c(c2)OCO3)c1. The Morgan fingerprint density at radius 2 is 1.93 bits per heavy atom.